The highest BCUT2D eigenvalue weighted by atomic mass is 79.9. The number of hydrogen-bond acceptors (Lipinski definition) is 3. The first-order valence-corrected chi connectivity index (χ1v) is 7.67. The van der Waals surface area contributed by atoms with Gasteiger partial charge in [-0.1, -0.05) is 35.3 Å². The van der Waals surface area contributed by atoms with E-state index in [1.165, 1.54) is 0 Å². The van der Waals surface area contributed by atoms with E-state index < -0.39 is 0 Å². The summed E-state index contributed by atoms with van der Waals surface area (Å²) in [6.07, 6.45) is 2.07. The van der Waals surface area contributed by atoms with Crippen molar-refractivity contribution in [3.63, 3.8) is 0 Å². The van der Waals surface area contributed by atoms with Gasteiger partial charge in [-0.15, -0.1) is 0 Å². The van der Waals surface area contributed by atoms with Gasteiger partial charge in [-0.05, 0) is 25.5 Å². The van der Waals surface area contributed by atoms with Gasteiger partial charge in [0.2, 0.25) is 5.91 Å². The molecule has 0 heterocycles. The summed E-state index contributed by atoms with van der Waals surface area (Å²) in [6, 6.07) is 6.06. The van der Waals surface area contributed by atoms with Gasteiger partial charge in [0.05, 0.1) is 13.2 Å². The molecule has 0 saturated carbocycles. The predicted molar refractivity (Wildman–Crippen MR) is 85.9 cm³/mol. The maximum absolute atomic E-state index is 11.8. The van der Waals surface area contributed by atoms with Crippen molar-refractivity contribution in [2.75, 3.05) is 19.0 Å². The van der Waals surface area contributed by atoms with Gasteiger partial charge in [0, 0.05) is 28.9 Å². The Morgan fingerprint density at radius 1 is 1.45 bits per heavy atom. The van der Waals surface area contributed by atoms with Gasteiger partial charge in [-0.3, -0.25) is 4.79 Å². The van der Waals surface area contributed by atoms with Crippen LogP contribution in [-0.2, 0) is 16.1 Å². The minimum atomic E-state index is 0.00860. The summed E-state index contributed by atoms with van der Waals surface area (Å²) < 4.78 is 6.16. The van der Waals surface area contributed by atoms with Gasteiger partial charge in [0.25, 0.3) is 0 Å². The van der Waals surface area contributed by atoms with Crippen LogP contribution in [0.5, 0.6) is 0 Å². The molecule has 0 spiro atoms. The van der Waals surface area contributed by atoms with Crippen LogP contribution in [0.2, 0.25) is 0 Å². The predicted octanol–water partition coefficient (Wildman–Crippen LogP) is 3.31. The Balaban J connectivity index is 2.57. The third-order valence-electron chi connectivity index (χ3n) is 2.98. The van der Waals surface area contributed by atoms with Crippen LogP contribution in [0.4, 0.5) is 5.69 Å². The molecule has 0 radical (unpaired) electrons. The monoisotopic (exact) mass is 342 g/mol. The molecule has 1 aromatic carbocycles. The molecule has 112 valence electrons. The van der Waals surface area contributed by atoms with E-state index >= 15 is 0 Å². The fraction of sp³-hybridized carbons (Fsp3) is 0.533. The summed E-state index contributed by atoms with van der Waals surface area (Å²) in [5, 5.41) is 6.14. The molecule has 0 aromatic heterocycles. The van der Waals surface area contributed by atoms with Crippen LogP contribution in [-0.4, -0.2) is 25.6 Å². The number of nitrogens with one attached hydrogen (secondary N) is 2. The quantitative estimate of drug-likeness (QED) is 0.761. The van der Waals surface area contributed by atoms with E-state index in [4.69, 9.17) is 4.74 Å². The molecule has 1 rings (SSSR count). The smallest absolute Gasteiger partial charge is 0.239 e. The summed E-state index contributed by atoms with van der Waals surface area (Å²) in [5.74, 6) is 0.00860. The van der Waals surface area contributed by atoms with E-state index in [1.54, 1.807) is 7.11 Å². The molecular weight excluding hydrogens is 320 g/mol. The molecule has 0 aliphatic rings. The zero-order valence-corrected chi connectivity index (χ0v) is 13.9. The summed E-state index contributed by atoms with van der Waals surface area (Å²) in [5.41, 5.74) is 1.93. The minimum absolute atomic E-state index is 0.00860. The molecule has 1 aromatic rings. The third kappa shape index (κ3) is 5.51. The van der Waals surface area contributed by atoms with Crippen molar-refractivity contribution < 1.29 is 9.53 Å². The summed E-state index contributed by atoms with van der Waals surface area (Å²) >= 11 is 3.50. The second-order valence-corrected chi connectivity index (χ2v) is 5.66. The van der Waals surface area contributed by atoms with Crippen LogP contribution in [0.1, 0.15) is 32.3 Å². The van der Waals surface area contributed by atoms with Gasteiger partial charge in [-0.25, -0.2) is 0 Å². The molecule has 0 aliphatic heterocycles. The largest absolute Gasteiger partial charge is 0.380 e. The molecule has 20 heavy (non-hydrogen) atoms. The molecule has 1 amide bonds. The normalized spacial score (nSPS) is 12.0. The lowest BCUT2D eigenvalue weighted by molar-refractivity contribution is -0.120. The van der Waals surface area contributed by atoms with E-state index in [9.17, 15) is 4.79 Å². The molecule has 1 atom stereocenters. The summed E-state index contributed by atoms with van der Waals surface area (Å²) in [6.45, 7) is 4.90. The van der Waals surface area contributed by atoms with Crippen LogP contribution < -0.4 is 10.6 Å². The molecule has 0 fully saturated rings. The zero-order valence-electron chi connectivity index (χ0n) is 12.3. The molecule has 4 nitrogen and oxygen atoms in total. The van der Waals surface area contributed by atoms with Crippen LogP contribution in [0.3, 0.4) is 0 Å². The lowest BCUT2D eigenvalue weighted by Gasteiger charge is -2.15. The van der Waals surface area contributed by atoms with E-state index in [1.807, 2.05) is 25.1 Å². The van der Waals surface area contributed by atoms with Gasteiger partial charge in [0.15, 0.2) is 0 Å². The van der Waals surface area contributed by atoms with Crippen LogP contribution >= 0.6 is 15.9 Å². The zero-order chi connectivity index (χ0) is 15.0. The maximum atomic E-state index is 11.8. The lowest BCUT2D eigenvalue weighted by Crippen LogP contribution is -2.36. The topological polar surface area (TPSA) is 50.4 Å². The van der Waals surface area contributed by atoms with E-state index in [0.717, 1.165) is 28.6 Å². The Morgan fingerprint density at radius 2 is 2.20 bits per heavy atom. The Hall–Kier alpha value is -1.07. The second-order valence-electron chi connectivity index (χ2n) is 4.81. The van der Waals surface area contributed by atoms with Gasteiger partial charge in [-0.2, -0.15) is 0 Å². The second kappa shape index (κ2) is 8.97. The number of anilines is 1. The van der Waals surface area contributed by atoms with Gasteiger partial charge >= 0.3 is 0 Å². The summed E-state index contributed by atoms with van der Waals surface area (Å²) in [4.78, 5) is 11.8. The third-order valence-corrected chi connectivity index (χ3v) is 3.72. The number of hydrogen-bond donors (Lipinski definition) is 2. The number of ether oxygens (including phenoxy) is 1. The van der Waals surface area contributed by atoms with Crippen molar-refractivity contribution >= 4 is 27.5 Å². The molecule has 0 saturated heterocycles. The van der Waals surface area contributed by atoms with Crippen molar-refractivity contribution in [2.45, 2.75) is 39.3 Å². The van der Waals surface area contributed by atoms with Crippen molar-refractivity contribution in [2.24, 2.45) is 0 Å². The number of carbonyl (C=O) groups excluding carboxylic acids is 1. The Bertz CT molecular complexity index is 438. The van der Waals surface area contributed by atoms with Crippen molar-refractivity contribution in [3.05, 3.63) is 28.2 Å². The molecule has 0 bridgehead atoms. The number of benzene rings is 1. The molecule has 2 N–H and O–H groups in total. The molecular formula is C15H23BrN2O2. The lowest BCUT2D eigenvalue weighted by atomic mass is 10.2. The SMILES string of the molecule is CCCC(C)NC(=O)CNc1cccc(Br)c1COC. The first-order chi connectivity index (χ1) is 9.58. The van der Waals surface area contributed by atoms with Crippen molar-refractivity contribution in [3.8, 4) is 0 Å². The average Bonchev–Trinajstić information content (AvgIpc) is 2.40. The Morgan fingerprint density at radius 3 is 2.85 bits per heavy atom. The van der Waals surface area contributed by atoms with Gasteiger partial charge < -0.3 is 15.4 Å². The number of rotatable bonds is 8. The minimum Gasteiger partial charge on any atom is -0.380 e. The summed E-state index contributed by atoms with van der Waals surface area (Å²) in [7, 11) is 1.66. The van der Waals surface area contributed by atoms with E-state index in [0.29, 0.717) is 6.61 Å². The highest BCUT2D eigenvalue weighted by Gasteiger charge is 2.09. The Kier molecular flexibility index (Phi) is 7.62. The Labute approximate surface area is 129 Å². The number of amides is 1. The number of halogens is 1. The maximum Gasteiger partial charge on any atom is 0.239 e. The van der Waals surface area contributed by atoms with E-state index in [-0.39, 0.29) is 18.5 Å². The van der Waals surface area contributed by atoms with Crippen LogP contribution in [0.25, 0.3) is 0 Å². The highest BCUT2D eigenvalue weighted by molar-refractivity contribution is 9.10. The fourth-order valence-electron chi connectivity index (χ4n) is 2.02. The van der Waals surface area contributed by atoms with Crippen LogP contribution in [0, 0.1) is 0 Å². The van der Waals surface area contributed by atoms with Crippen molar-refractivity contribution in [1.29, 1.82) is 0 Å². The standard InChI is InChI=1S/C15H23BrN2O2/c1-4-6-11(2)18-15(19)9-17-14-8-5-7-13(16)12(14)10-20-3/h5,7-8,11,17H,4,6,9-10H2,1-3H3,(H,18,19). The average molecular weight is 343 g/mol. The highest BCUT2D eigenvalue weighted by Crippen LogP contribution is 2.25. The number of carbonyl (C=O) groups is 1. The van der Waals surface area contributed by atoms with E-state index in [2.05, 4.69) is 33.5 Å². The molecule has 1 unspecified atom stereocenters. The first kappa shape index (κ1) is 17.0. The van der Waals surface area contributed by atoms with Crippen LogP contribution in [0.15, 0.2) is 22.7 Å². The molecule has 5 heteroatoms. The van der Waals surface area contributed by atoms with Gasteiger partial charge in [0.1, 0.15) is 0 Å². The van der Waals surface area contributed by atoms with Crippen molar-refractivity contribution in [1.82, 2.24) is 5.32 Å². The first-order valence-electron chi connectivity index (χ1n) is 6.88. The fourth-order valence-corrected chi connectivity index (χ4v) is 2.50. The number of methoxy groups -OCH3 is 1. The molecule has 0 aliphatic carbocycles.